The maximum absolute atomic E-state index is 14.8. The molecule has 12 nitrogen and oxygen atoms in total. The third-order valence-corrected chi connectivity index (χ3v) is 5.73. The number of fused-ring (bicyclic) bond motifs is 1. The second-order valence-electron chi connectivity index (χ2n) is 6.27. The summed E-state index contributed by atoms with van der Waals surface area (Å²) in [5, 5.41) is 20.0. The SMILES string of the molecule is Nc1ncnc2c1c(Sc1ccncc1)nn2[C@@H]1OC(COS(N)(=O)=O)[C@@H](O)[C@@H]1F. The van der Waals surface area contributed by atoms with Crippen molar-refractivity contribution >= 4 is 38.9 Å². The van der Waals surface area contributed by atoms with E-state index in [1.165, 1.54) is 18.1 Å². The number of pyridine rings is 1. The van der Waals surface area contributed by atoms with E-state index in [2.05, 4.69) is 24.2 Å². The first-order valence-electron chi connectivity index (χ1n) is 8.46. The average molecular weight is 457 g/mol. The van der Waals surface area contributed by atoms with Crippen molar-refractivity contribution in [2.45, 2.75) is 34.5 Å². The second kappa shape index (κ2) is 8.01. The van der Waals surface area contributed by atoms with E-state index in [4.69, 9.17) is 15.6 Å². The van der Waals surface area contributed by atoms with Crippen LogP contribution in [0.2, 0.25) is 0 Å². The lowest BCUT2D eigenvalue weighted by Crippen LogP contribution is -2.33. The fourth-order valence-electron chi connectivity index (χ4n) is 2.93. The number of alkyl halides is 1. The lowest BCUT2D eigenvalue weighted by Gasteiger charge is -2.14. The number of aliphatic hydroxyl groups excluding tert-OH is 1. The minimum Gasteiger partial charge on any atom is -0.387 e. The van der Waals surface area contributed by atoms with Crippen molar-refractivity contribution in [1.29, 1.82) is 0 Å². The van der Waals surface area contributed by atoms with Crippen LogP contribution in [0.3, 0.4) is 0 Å². The molecular weight excluding hydrogens is 441 g/mol. The van der Waals surface area contributed by atoms with Crippen LogP contribution in [-0.4, -0.2) is 63.2 Å². The van der Waals surface area contributed by atoms with Gasteiger partial charge in [0.15, 0.2) is 18.0 Å². The number of aliphatic hydroxyl groups is 1. The summed E-state index contributed by atoms with van der Waals surface area (Å²) < 4.78 is 47.9. The molecule has 0 bridgehead atoms. The molecule has 1 aliphatic heterocycles. The lowest BCUT2D eigenvalue weighted by atomic mass is 10.1. The van der Waals surface area contributed by atoms with Gasteiger partial charge in [-0.1, -0.05) is 11.8 Å². The number of ether oxygens (including phenoxy) is 1. The first kappa shape index (κ1) is 20.8. The largest absolute Gasteiger partial charge is 0.387 e. The normalized spacial score (nSPS) is 24.5. The predicted molar refractivity (Wildman–Crippen MR) is 102 cm³/mol. The van der Waals surface area contributed by atoms with Gasteiger partial charge in [0.05, 0.1) is 12.0 Å². The predicted octanol–water partition coefficient (Wildman–Crippen LogP) is -0.229. The van der Waals surface area contributed by atoms with E-state index in [-0.39, 0.29) is 11.5 Å². The molecule has 1 fully saturated rings. The number of nitrogens with zero attached hydrogens (tertiary/aromatic N) is 5. The van der Waals surface area contributed by atoms with E-state index < -0.39 is 41.5 Å². The van der Waals surface area contributed by atoms with Gasteiger partial charge in [0, 0.05) is 17.3 Å². The molecule has 1 saturated heterocycles. The molecule has 1 aliphatic rings. The summed E-state index contributed by atoms with van der Waals surface area (Å²) >= 11 is 1.23. The standard InChI is InChI=1S/C15H16FN7O5S2/c16-10-11(24)8(5-27-30(18,25)26)28-15(10)23-13-9(12(17)20-6-21-13)14(22-23)29-7-1-3-19-4-2-7/h1-4,6,8,10-11,15,24H,5H2,(H2,17,20,21)(H2,18,25,26)/t8?,10-,11+,15+/m0/s1. The number of nitrogen functional groups attached to an aromatic ring is 1. The Labute approximate surface area is 173 Å². The zero-order valence-corrected chi connectivity index (χ0v) is 16.7. The summed E-state index contributed by atoms with van der Waals surface area (Å²) in [6.45, 7) is -0.661. The van der Waals surface area contributed by atoms with Gasteiger partial charge >= 0.3 is 10.3 Å². The molecule has 4 atom stereocenters. The van der Waals surface area contributed by atoms with Crippen molar-refractivity contribution in [3.05, 3.63) is 30.9 Å². The number of hydrogen-bond donors (Lipinski definition) is 3. The van der Waals surface area contributed by atoms with Crippen molar-refractivity contribution in [3.8, 4) is 0 Å². The van der Waals surface area contributed by atoms with E-state index in [9.17, 15) is 17.9 Å². The average Bonchev–Trinajstić information content (AvgIpc) is 3.19. The van der Waals surface area contributed by atoms with Gasteiger partial charge in [0.25, 0.3) is 0 Å². The number of anilines is 1. The van der Waals surface area contributed by atoms with Gasteiger partial charge in [-0.2, -0.15) is 13.5 Å². The molecule has 0 radical (unpaired) electrons. The van der Waals surface area contributed by atoms with Crippen LogP contribution in [0.5, 0.6) is 0 Å². The van der Waals surface area contributed by atoms with Gasteiger partial charge in [-0.25, -0.2) is 24.2 Å². The van der Waals surface area contributed by atoms with Crippen LogP contribution >= 0.6 is 11.8 Å². The first-order chi connectivity index (χ1) is 14.2. The Morgan fingerprint density at radius 3 is 2.77 bits per heavy atom. The highest BCUT2D eigenvalue weighted by Crippen LogP contribution is 2.39. The quantitative estimate of drug-likeness (QED) is 0.445. The van der Waals surface area contributed by atoms with Crippen LogP contribution in [0.25, 0.3) is 11.0 Å². The van der Waals surface area contributed by atoms with Crippen molar-refractivity contribution < 1.29 is 26.8 Å². The van der Waals surface area contributed by atoms with Crippen LogP contribution in [0, 0.1) is 0 Å². The molecule has 3 aromatic rings. The van der Waals surface area contributed by atoms with Gasteiger partial charge in [0.1, 0.15) is 29.4 Å². The Morgan fingerprint density at radius 2 is 2.07 bits per heavy atom. The molecule has 15 heteroatoms. The maximum Gasteiger partial charge on any atom is 0.333 e. The van der Waals surface area contributed by atoms with Gasteiger partial charge < -0.3 is 15.6 Å². The zero-order chi connectivity index (χ0) is 21.5. The van der Waals surface area contributed by atoms with Gasteiger partial charge in [0.2, 0.25) is 0 Å². The molecule has 0 amide bonds. The molecule has 0 aromatic carbocycles. The second-order valence-corrected chi connectivity index (χ2v) is 8.55. The molecule has 3 aromatic heterocycles. The summed E-state index contributed by atoms with van der Waals surface area (Å²) in [5.74, 6) is 0.130. The Hall–Kier alpha value is -2.43. The number of rotatable bonds is 6. The molecule has 5 N–H and O–H groups in total. The van der Waals surface area contributed by atoms with Crippen LogP contribution in [-0.2, 0) is 19.2 Å². The molecule has 0 spiro atoms. The molecule has 1 unspecified atom stereocenters. The molecule has 160 valence electrons. The van der Waals surface area contributed by atoms with Crippen molar-refractivity contribution in [2.24, 2.45) is 5.14 Å². The zero-order valence-electron chi connectivity index (χ0n) is 15.1. The van der Waals surface area contributed by atoms with E-state index in [0.29, 0.717) is 10.4 Å². The maximum atomic E-state index is 14.8. The van der Waals surface area contributed by atoms with Gasteiger partial charge in [-0.3, -0.25) is 9.17 Å². The third-order valence-electron chi connectivity index (χ3n) is 4.28. The van der Waals surface area contributed by atoms with E-state index >= 15 is 0 Å². The monoisotopic (exact) mass is 457 g/mol. The van der Waals surface area contributed by atoms with E-state index in [0.717, 1.165) is 9.58 Å². The van der Waals surface area contributed by atoms with Crippen LogP contribution in [0.4, 0.5) is 10.2 Å². The highest BCUT2D eigenvalue weighted by molar-refractivity contribution is 7.99. The van der Waals surface area contributed by atoms with Crippen molar-refractivity contribution in [1.82, 2.24) is 24.7 Å². The first-order valence-corrected chi connectivity index (χ1v) is 10.7. The summed E-state index contributed by atoms with van der Waals surface area (Å²) in [5.41, 5.74) is 6.18. The highest BCUT2D eigenvalue weighted by atomic mass is 32.2. The molecule has 4 heterocycles. The summed E-state index contributed by atoms with van der Waals surface area (Å²) in [4.78, 5) is 12.8. The minimum atomic E-state index is -4.29. The van der Waals surface area contributed by atoms with Crippen LogP contribution in [0.1, 0.15) is 6.23 Å². The van der Waals surface area contributed by atoms with Crippen molar-refractivity contribution in [3.63, 3.8) is 0 Å². The number of halogens is 1. The van der Waals surface area contributed by atoms with Crippen LogP contribution < -0.4 is 10.9 Å². The Morgan fingerprint density at radius 1 is 1.33 bits per heavy atom. The highest BCUT2D eigenvalue weighted by Gasteiger charge is 2.47. The molecular formula is C15H16FN7O5S2. The summed E-state index contributed by atoms with van der Waals surface area (Å²) in [7, 11) is -4.29. The molecule has 30 heavy (non-hydrogen) atoms. The fourth-order valence-corrected chi connectivity index (χ4v) is 4.16. The Kier molecular flexibility index (Phi) is 5.56. The lowest BCUT2D eigenvalue weighted by molar-refractivity contribution is -0.0456. The minimum absolute atomic E-state index is 0.130. The van der Waals surface area contributed by atoms with Crippen molar-refractivity contribution in [2.75, 3.05) is 12.3 Å². The summed E-state index contributed by atoms with van der Waals surface area (Å²) in [6.07, 6.45) is -1.92. The molecule has 0 saturated carbocycles. The molecule has 0 aliphatic carbocycles. The number of hydrogen-bond acceptors (Lipinski definition) is 11. The Bertz CT molecular complexity index is 1160. The fraction of sp³-hybridized carbons (Fsp3) is 0.333. The van der Waals surface area contributed by atoms with E-state index in [1.807, 2.05) is 0 Å². The van der Waals surface area contributed by atoms with Gasteiger partial charge in [-0.15, -0.1) is 0 Å². The number of nitrogens with two attached hydrogens (primary N) is 2. The summed E-state index contributed by atoms with van der Waals surface area (Å²) in [6, 6.07) is 3.51. The molecule has 4 rings (SSSR count). The third kappa shape index (κ3) is 4.07. The Balaban J connectivity index is 1.69. The van der Waals surface area contributed by atoms with Crippen LogP contribution in [0.15, 0.2) is 40.8 Å². The number of aromatic nitrogens is 5. The topological polar surface area (TPSA) is 181 Å². The smallest absolute Gasteiger partial charge is 0.333 e. The van der Waals surface area contributed by atoms with E-state index in [1.54, 1.807) is 24.5 Å². The van der Waals surface area contributed by atoms with Gasteiger partial charge in [-0.05, 0) is 12.1 Å².